The van der Waals surface area contributed by atoms with E-state index in [9.17, 15) is 4.79 Å². The van der Waals surface area contributed by atoms with Gasteiger partial charge in [-0.2, -0.15) is 5.10 Å². The number of hydrogen-bond acceptors (Lipinski definition) is 4. The van der Waals surface area contributed by atoms with E-state index in [0.717, 1.165) is 15.9 Å². The first-order valence-electron chi connectivity index (χ1n) is 5.41. The molecular formula is C12H10BrClN4O. The number of aromatic nitrogens is 3. The smallest absolute Gasteiger partial charge is 0.258 e. The molecule has 98 valence electrons. The average molecular weight is 342 g/mol. The molecule has 2 aromatic rings. The van der Waals surface area contributed by atoms with Crippen molar-refractivity contribution in [2.45, 2.75) is 13.8 Å². The summed E-state index contributed by atoms with van der Waals surface area (Å²) in [5.74, 6) is -0.169. The number of carbonyl (C=O) groups is 1. The number of amides is 1. The van der Waals surface area contributed by atoms with Gasteiger partial charge in [0.15, 0.2) is 0 Å². The number of aryl methyl sites for hydroxylation is 2. The van der Waals surface area contributed by atoms with Crippen molar-refractivity contribution in [1.29, 1.82) is 0 Å². The van der Waals surface area contributed by atoms with E-state index in [4.69, 9.17) is 11.6 Å². The first kappa shape index (κ1) is 13.9. The largest absolute Gasteiger partial charge is 0.289 e. The van der Waals surface area contributed by atoms with Crippen LogP contribution in [0, 0.1) is 13.8 Å². The summed E-state index contributed by atoms with van der Waals surface area (Å²) < 4.78 is 0.726. The summed E-state index contributed by atoms with van der Waals surface area (Å²) in [6.45, 7) is 3.60. The van der Waals surface area contributed by atoms with Crippen molar-refractivity contribution >= 4 is 39.4 Å². The average Bonchev–Trinajstić information content (AvgIpc) is 2.32. The molecule has 0 saturated carbocycles. The number of nitrogens with zero attached hydrogens (tertiary/aromatic N) is 3. The van der Waals surface area contributed by atoms with Crippen LogP contribution in [0.3, 0.4) is 0 Å². The van der Waals surface area contributed by atoms with Gasteiger partial charge in [0.25, 0.3) is 5.91 Å². The lowest BCUT2D eigenvalue weighted by atomic mass is 10.2. The summed E-state index contributed by atoms with van der Waals surface area (Å²) in [5, 5.41) is 10.8. The third-order valence-corrected chi connectivity index (χ3v) is 3.12. The molecule has 5 nitrogen and oxygen atoms in total. The fourth-order valence-corrected chi connectivity index (χ4v) is 2.23. The second-order valence-corrected chi connectivity index (χ2v) is 5.27. The summed E-state index contributed by atoms with van der Waals surface area (Å²) >= 11 is 9.17. The molecule has 0 saturated heterocycles. The number of benzene rings is 1. The molecule has 2 rings (SSSR count). The Morgan fingerprint density at radius 1 is 1.21 bits per heavy atom. The lowest BCUT2D eigenvalue weighted by Crippen LogP contribution is -2.15. The molecular weight excluding hydrogens is 332 g/mol. The summed E-state index contributed by atoms with van der Waals surface area (Å²) in [6, 6.07) is 4.93. The SMILES string of the molecule is Cc1nnc(NC(=O)c2cc(Cl)cc(Br)c2)nc1C. The van der Waals surface area contributed by atoms with Gasteiger partial charge in [-0.25, -0.2) is 4.98 Å². The van der Waals surface area contributed by atoms with Gasteiger partial charge in [-0.1, -0.05) is 27.5 Å². The van der Waals surface area contributed by atoms with E-state index in [0.29, 0.717) is 10.6 Å². The Balaban J connectivity index is 2.22. The highest BCUT2D eigenvalue weighted by molar-refractivity contribution is 9.10. The monoisotopic (exact) mass is 340 g/mol. The normalized spacial score (nSPS) is 10.3. The van der Waals surface area contributed by atoms with Gasteiger partial charge in [0.1, 0.15) is 0 Å². The zero-order valence-corrected chi connectivity index (χ0v) is 12.6. The van der Waals surface area contributed by atoms with Crippen LogP contribution in [0.1, 0.15) is 21.7 Å². The van der Waals surface area contributed by atoms with E-state index in [1.54, 1.807) is 32.0 Å². The van der Waals surface area contributed by atoms with Crippen LogP contribution in [-0.4, -0.2) is 21.1 Å². The molecule has 0 unspecified atom stereocenters. The Bertz CT molecular complexity index is 627. The van der Waals surface area contributed by atoms with Gasteiger partial charge in [-0.3, -0.25) is 10.1 Å². The number of carbonyl (C=O) groups excluding carboxylic acids is 1. The van der Waals surface area contributed by atoms with Crippen LogP contribution in [0.4, 0.5) is 5.95 Å². The maximum absolute atomic E-state index is 12.0. The van der Waals surface area contributed by atoms with Crippen molar-refractivity contribution in [2.24, 2.45) is 0 Å². The lowest BCUT2D eigenvalue weighted by molar-refractivity contribution is 0.102. The topological polar surface area (TPSA) is 67.8 Å². The predicted molar refractivity (Wildman–Crippen MR) is 76.4 cm³/mol. The van der Waals surface area contributed by atoms with Gasteiger partial charge in [0.05, 0.1) is 11.4 Å². The number of anilines is 1. The van der Waals surface area contributed by atoms with E-state index >= 15 is 0 Å². The fourth-order valence-electron chi connectivity index (χ4n) is 1.37. The summed E-state index contributed by atoms with van der Waals surface area (Å²) in [6.07, 6.45) is 0. The maximum atomic E-state index is 12.0. The van der Waals surface area contributed by atoms with Gasteiger partial charge in [-0.05, 0) is 32.0 Å². The quantitative estimate of drug-likeness (QED) is 0.911. The Morgan fingerprint density at radius 2 is 1.95 bits per heavy atom. The van der Waals surface area contributed by atoms with Crippen LogP contribution in [-0.2, 0) is 0 Å². The number of rotatable bonds is 2. The summed E-state index contributed by atoms with van der Waals surface area (Å²) in [7, 11) is 0. The van der Waals surface area contributed by atoms with Gasteiger partial charge >= 0.3 is 0 Å². The summed E-state index contributed by atoms with van der Waals surface area (Å²) in [5.41, 5.74) is 1.86. The first-order valence-corrected chi connectivity index (χ1v) is 6.58. The molecule has 0 fully saturated rings. The number of nitrogens with one attached hydrogen (secondary N) is 1. The fraction of sp³-hybridized carbons (Fsp3) is 0.167. The molecule has 0 atom stereocenters. The van der Waals surface area contributed by atoms with Crippen LogP contribution in [0.2, 0.25) is 5.02 Å². The van der Waals surface area contributed by atoms with E-state index in [-0.39, 0.29) is 11.9 Å². The molecule has 0 bridgehead atoms. The predicted octanol–water partition coefficient (Wildman–Crippen LogP) is 3.16. The Hall–Kier alpha value is -1.53. The van der Waals surface area contributed by atoms with Crippen LogP contribution in [0.5, 0.6) is 0 Å². The van der Waals surface area contributed by atoms with Crippen molar-refractivity contribution in [2.75, 3.05) is 5.32 Å². The second-order valence-electron chi connectivity index (χ2n) is 3.92. The minimum atomic E-state index is -0.340. The second kappa shape index (κ2) is 5.63. The van der Waals surface area contributed by atoms with Crippen LogP contribution < -0.4 is 5.32 Å². The van der Waals surface area contributed by atoms with Crippen molar-refractivity contribution in [3.05, 3.63) is 44.6 Å². The number of halogens is 2. The third-order valence-electron chi connectivity index (χ3n) is 2.44. The molecule has 1 amide bonds. The number of hydrogen-bond donors (Lipinski definition) is 1. The van der Waals surface area contributed by atoms with E-state index in [1.165, 1.54) is 0 Å². The van der Waals surface area contributed by atoms with Gasteiger partial charge in [-0.15, -0.1) is 5.10 Å². The minimum absolute atomic E-state index is 0.171. The third kappa shape index (κ3) is 3.48. The van der Waals surface area contributed by atoms with Crippen LogP contribution in [0.15, 0.2) is 22.7 Å². The molecule has 19 heavy (non-hydrogen) atoms. The lowest BCUT2D eigenvalue weighted by Gasteiger charge is -2.05. The zero-order chi connectivity index (χ0) is 14.0. The molecule has 0 spiro atoms. The highest BCUT2D eigenvalue weighted by Crippen LogP contribution is 2.20. The van der Waals surface area contributed by atoms with Crippen LogP contribution >= 0.6 is 27.5 Å². The van der Waals surface area contributed by atoms with E-state index in [1.807, 2.05) is 0 Å². The van der Waals surface area contributed by atoms with Crippen molar-refractivity contribution in [1.82, 2.24) is 15.2 Å². The molecule has 1 aromatic carbocycles. The van der Waals surface area contributed by atoms with Gasteiger partial charge < -0.3 is 0 Å². The molecule has 0 radical (unpaired) electrons. The zero-order valence-electron chi connectivity index (χ0n) is 10.2. The first-order chi connectivity index (χ1) is 8.95. The van der Waals surface area contributed by atoms with Gasteiger partial charge in [0, 0.05) is 15.1 Å². The molecule has 1 heterocycles. The molecule has 0 aliphatic heterocycles. The minimum Gasteiger partial charge on any atom is -0.289 e. The molecule has 1 aromatic heterocycles. The van der Waals surface area contributed by atoms with Crippen LogP contribution in [0.25, 0.3) is 0 Å². The molecule has 0 aliphatic rings. The summed E-state index contributed by atoms with van der Waals surface area (Å²) in [4.78, 5) is 16.1. The van der Waals surface area contributed by atoms with Crippen molar-refractivity contribution in [3.8, 4) is 0 Å². The van der Waals surface area contributed by atoms with E-state index in [2.05, 4.69) is 36.4 Å². The molecule has 1 N–H and O–H groups in total. The maximum Gasteiger partial charge on any atom is 0.258 e. The van der Waals surface area contributed by atoms with Gasteiger partial charge in [0.2, 0.25) is 5.95 Å². The Kier molecular flexibility index (Phi) is 4.11. The Morgan fingerprint density at radius 3 is 2.58 bits per heavy atom. The van der Waals surface area contributed by atoms with E-state index < -0.39 is 0 Å². The molecule has 0 aliphatic carbocycles. The van der Waals surface area contributed by atoms with Crippen molar-refractivity contribution < 1.29 is 4.79 Å². The highest BCUT2D eigenvalue weighted by Gasteiger charge is 2.10. The van der Waals surface area contributed by atoms with Crippen molar-refractivity contribution in [3.63, 3.8) is 0 Å². The molecule has 7 heteroatoms. The highest BCUT2D eigenvalue weighted by atomic mass is 79.9. The Labute approximate surface area is 123 Å². The standard InChI is InChI=1S/C12H10BrClN4O/c1-6-7(2)17-18-12(15-6)16-11(19)8-3-9(13)5-10(14)4-8/h3-5H,1-2H3,(H,15,16,18,19).